The summed E-state index contributed by atoms with van der Waals surface area (Å²) in [6.07, 6.45) is 0.721. The van der Waals surface area contributed by atoms with E-state index in [-0.39, 0.29) is 12.1 Å². The van der Waals surface area contributed by atoms with E-state index in [1.807, 2.05) is 18.2 Å². The van der Waals surface area contributed by atoms with Crippen molar-refractivity contribution in [2.24, 2.45) is 0 Å². The molecule has 0 aliphatic heterocycles. The molecular weight excluding hydrogens is 220 g/mol. The standard InChI is InChI=1S/C12H16N2OS/c1-12(2,7-8-15)13-11-9-5-3-4-6-10(9)14-16-11/h3-6,13,15H,7-8H2,1-2H3. The van der Waals surface area contributed by atoms with Crippen LogP contribution in [0.25, 0.3) is 10.9 Å². The van der Waals surface area contributed by atoms with Crippen LogP contribution in [-0.2, 0) is 0 Å². The van der Waals surface area contributed by atoms with Crippen molar-refractivity contribution in [3.63, 3.8) is 0 Å². The van der Waals surface area contributed by atoms with Crippen LogP contribution in [0, 0.1) is 0 Å². The summed E-state index contributed by atoms with van der Waals surface area (Å²) in [4.78, 5) is 0. The molecule has 4 heteroatoms. The molecular formula is C12H16N2OS. The second-order valence-corrected chi connectivity index (χ2v) is 5.28. The summed E-state index contributed by atoms with van der Waals surface area (Å²) in [6.45, 7) is 4.35. The average molecular weight is 236 g/mol. The van der Waals surface area contributed by atoms with Crippen molar-refractivity contribution in [1.29, 1.82) is 0 Å². The van der Waals surface area contributed by atoms with Gasteiger partial charge in [-0.05, 0) is 43.9 Å². The summed E-state index contributed by atoms with van der Waals surface area (Å²) in [7, 11) is 0. The molecule has 1 aromatic carbocycles. The van der Waals surface area contributed by atoms with Crippen LogP contribution in [0.5, 0.6) is 0 Å². The van der Waals surface area contributed by atoms with Gasteiger partial charge in [-0.15, -0.1) is 0 Å². The van der Waals surface area contributed by atoms with Gasteiger partial charge in [0, 0.05) is 17.5 Å². The minimum absolute atomic E-state index is 0.107. The van der Waals surface area contributed by atoms with E-state index in [0.29, 0.717) is 0 Å². The van der Waals surface area contributed by atoms with Crippen LogP contribution >= 0.6 is 11.5 Å². The van der Waals surface area contributed by atoms with E-state index < -0.39 is 0 Å². The molecule has 2 N–H and O–H groups in total. The summed E-state index contributed by atoms with van der Waals surface area (Å²) < 4.78 is 4.38. The van der Waals surface area contributed by atoms with Crippen molar-refractivity contribution in [3.05, 3.63) is 24.3 Å². The second kappa shape index (κ2) is 4.39. The first-order chi connectivity index (χ1) is 7.62. The van der Waals surface area contributed by atoms with Gasteiger partial charge in [-0.3, -0.25) is 0 Å². The molecule has 1 aromatic heterocycles. The first-order valence-electron chi connectivity index (χ1n) is 5.36. The Labute approximate surface area is 99.3 Å². The molecule has 0 bridgehead atoms. The molecule has 0 unspecified atom stereocenters. The Morgan fingerprint density at radius 2 is 2.12 bits per heavy atom. The summed E-state index contributed by atoms with van der Waals surface area (Å²) in [5.41, 5.74) is 0.916. The van der Waals surface area contributed by atoms with E-state index in [1.54, 1.807) is 0 Å². The minimum Gasteiger partial charge on any atom is -0.396 e. The van der Waals surface area contributed by atoms with Crippen molar-refractivity contribution in [3.8, 4) is 0 Å². The van der Waals surface area contributed by atoms with Crippen LogP contribution in [0.1, 0.15) is 20.3 Å². The van der Waals surface area contributed by atoms with Crippen LogP contribution in [0.2, 0.25) is 0 Å². The van der Waals surface area contributed by atoms with Gasteiger partial charge in [0.15, 0.2) is 0 Å². The lowest BCUT2D eigenvalue weighted by atomic mass is 10.0. The first kappa shape index (κ1) is 11.4. The highest BCUT2D eigenvalue weighted by Crippen LogP contribution is 2.30. The van der Waals surface area contributed by atoms with Crippen molar-refractivity contribution < 1.29 is 5.11 Å². The number of aromatic nitrogens is 1. The van der Waals surface area contributed by atoms with Gasteiger partial charge in [0.1, 0.15) is 5.00 Å². The topological polar surface area (TPSA) is 45.1 Å². The number of nitrogens with zero attached hydrogens (tertiary/aromatic N) is 1. The Bertz CT molecular complexity index is 479. The van der Waals surface area contributed by atoms with E-state index in [0.717, 1.165) is 22.3 Å². The Kier molecular flexibility index (Phi) is 3.12. The molecule has 0 fully saturated rings. The van der Waals surface area contributed by atoms with E-state index in [4.69, 9.17) is 5.11 Å². The molecule has 0 saturated carbocycles. The van der Waals surface area contributed by atoms with E-state index in [9.17, 15) is 0 Å². The number of aliphatic hydroxyl groups is 1. The van der Waals surface area contributed by atoms with Crippen LogP contribution in [0.15, 0.2) is 24.3 Å². The highest BCUT2D eigenvalue weighted by Gasteiger charge is 2.18. The minimum atomic E-state index is -0.107. The number of aliphatic hydroxyl groups excluding tert-OH is 1. The van der Waals surface area contributed by atoms with Crippen molar-refractivity contribution in [2.45, 2.75) is 25.8 Å². The molecule has 0 aliphatic carbocycles. The first-order valence-corrected chi connectivity index (χ1v) is 6.13. The maximum atomic E-state index is 8.99. The Balaban J connectivity index is 2.27. The molecule has 0 spiro atoms. The quantitative estimate of drug-likeness (QED) is 0.858. The molecule has 0 radical (unpaired) electrons. The van der Waals surface area contributed by atoms with E-state index in [1.165, 1.54) is 11.5 Å². The fraction of sp³-hybridized carbons (Fsp3) is 0.417. The SMILES string of the molecule is CC(C)(CCO)Nc1snc2ccccc12. The highest BCUT2D eigenvalue weighted by atomic mass is 32.1. The van der Waals surface area contributed by atoms with Crippen molar-refractivity contribution >= 4 is 27.4 Å². The number of nitrogens with one attached hydrogen (secondary N) is 1. The monoisotopic (exact) mass is 236 g/mol. The maximum Gasteiger partial charge on any atom is 0.117 e. The highest BCUT2D eigenvalue weighted by molar-refractivity contribution is 7.11. The van der Waals surface area contributed by atoms with Gasteiger partial charge < -0.3 is 10.4 Å². The number of hydrogen-bond donors (Lipinski definition) is 2. The molecule has 2 rings (SSSR count). The van der Waals surface area contributed by atoms with Gasteiger partial charge in [-0.2, -0.15) is 4.37 Å². The molecule has 0 atom stereocenters. The Hall–Kier alpha value is -1.13. The summed E-state index contributed by atoms with van der Waals surface area (Å²) in [5.74, 6) is 0. The van der Waals surface area contributed by atoms with E-state index >= 15 is 0 Å². The van der Waals surface area contributed by atoms with Gasteiger partial charge >= 0.3 is 0 Å². The Morgan fingerprint density at radius 3 is 2.88 bits per heavy atom. The van der Waals surface area contributed by atoms with Crippen LogP contribution in [0.3, 0.4) is 0 Å². The number of benzene rings is 1. The molecule has 0 aliphatic rings. The largest absolute Gasteiger partial charge is 0.396 e. The number of rotatable bonds is 4. The number of anilines is 1. The van der Waals surface area contributed by atoms with Gasteiger partial charge in [-0.25, -0.2) is 0 Å². The molecule has 0 saturated heterocycles. The molecule has 16 heavy (non-hydrogen) atoms. The van der Waals surface area contributed by atoms with Crippen LogP contribution < -0.4 is 5.32 Å². The molecule has 3 nitrogen and oxygen atoms in total. The number of fused-ring (bicyclic) bond motifs is 1. The molecule has 1 heterocycles. The lowest BCUT2D eigenvalue weighted by molar-refractivity contribution is 0.261. The maximum absolute atomic E-state index is 8.99. The third-order valence-corrected chi connectivity index (χ3v) is 3.37. The van der Waals surface area contributed by atoms with Gasteiger partial charge in [0.25, 0.3) is 0 Å². The molecule has 86 valence electrons. The zero-order valence-electron chi connectivity index (χ0n) is 9.53. The third kappa shape index (κ3) is 2.33. The van der Waals surface area contributed by atoms with Crippen LogP contribution in [-0.4, -0.2) is 21.6 Å². The average Bonchev–Trinajstić information content (AvgIpc) is 2.61. The molecule has 0 amide bonds. The number of hydrogen-bond acceptors (Lipinski definition) is 4. The van der Waals surface area contributed by atoms with Gasteiger partial charge in [0.2, 0.25) is 0 Å². The van der Waals surface area contributed by atoms with Gasteiger partial charge in [-0.1, -0.05) is 12.1 Å². The lowest BCUT2D eigenvalue weighted by Crippen LogP contribution is -2.31. The fourth-order valence-corrected chi connectivity index (χ4v) is 2.57. The van der Waals surface area contributed by atoms with Gasteiger partial charge in [0.05, 0.1) is 5.52 Å². The lowest BCUT2D eigenvalue weighted by Gasteiger charge is -2.25. The van der Waals surface area contributed by atoms with E-state index in [2.05, 4.69) is 29.6 Å². The normalized spacial score (nSPS) is 11.9. The van der Waals surface area contributed by atoms with Crippen molar-refractivity contribution in [1.82, 2.24) is 4.37 Å². The van der Waals surface area contributed by atoms with Crippen LogP contribution in [0.4, 0.5) is 5.00 Å². The fourth-order valence-electron chi connectivity index (χ4n) is 1.63. The smallest absolute Gasteiger partial charge is 0.117 e. The summed E-state index contributed by atoms with van der Waals surface area (Å²) >= 11 is 1.47. The summed E-state index contributed by atoms with van der Waals surface area (Å²) in [5, 5.41) is 14.7. The Morgan fingerprint density at radius 1 is 1.38 bits per heavy atom. The zero-order valence-corrected chi connectivity index (χ0v) is 10.3. The predicted octanol–water partition coefficient (Wildman–Crippen LogP) is 2.87. The predicted molar refractivity (Wildman–Crippen MR) is 69.0 cm³/mol. The zero-order chi connectivity index (χ0) is 11.6. The third-order valence-electron chi connectivity index (χ3n) is 2.57. The second-order valence-electron chi connectivity index (χ2n) is 4.51. The summed E-state index contributed by atoms with van der Waals surface area (Å²) in [6, 6.07) is 8.08. The van der Waals surface area contributed by atoms with Crippen molar-refractivity contribution in [2.75, 3.05) is 11.9 Å². The molecule has 2 aromatic rings.